The number of nitrogens with zero attached hydrogens (tertiary/aromatic N) is 6. The van der Waals surface area contributed by atoms with Gasteiger partial charge in [0.15, 0.2) is 17.3 Å². The van der Waals surface area contributed by atoms with Crippen LogP contribution in [0.15, 0.2) is 55.1 Å². The number of fused-ring (bicyclic) bond motifs is 2. The van der Waals surface area contributed by atoms with Crippen molar-refractivity contribution in [3.05, 3.63) is 66.2 Å². The molecule has 0 aliphatic carbocycles. The van der Waals surface area contributed by atoms with Crippen LogP contribution in [0.1, 0.15) is 50.8 Å². The van der Waals surface area contributed by atoms with Crippen LogP contribution in [0.2, 0.25) is 0 Å². The van der Waals surface area contributed by atoms with Gasteiger partial charge >= 0.3 is 6.09 Å². The topological polar surface area (TPSA) is 126 Å². The molecule has 2 aromatic carbocycles. The van der Waals surface area contributed by atoms with Crippen LogP contribution in [0.4, 0.5) is 10.6 Å². The van der Waals surface area contributed by atoms with Gasteiger partial charge in [0.05, 0.1) is 30.3 Å². The Morgan fingerprint density at radius 2 is 1.85 bits per heavy atom. The van der Waals surface area contributed by atoms with Crippen molar-refractivity contribution in [1.29, 1.82) is 0 Å². The fourth-order valence-electron chi connectivity index (χ4n) is 4.67. The minimum atomic E-state index is -0.424. The minimum absolute atomic E-state index is 0.309. The van der Waals surface area contributed by atoms with E-state index < -0.39 is 6.09 Å². The molecule has 10 heteroatoms. The molecule has 39 heavy (non-hydrogen) atoms. The summed E-state index contributed by atoms with van der Waals surface area (Å²) >= 11 is 0. The van der Waals surface area contributed by atoms with Gasteiger partial charge in [-0.15, -0.1) is 0 Å². The molecule has 0 spiro atoms. The number of carbonyl (C=O) groups is 1. The summed E-state index contributed by atoms with van der Waals surface area (Å²) in [5, 5.41) is 2.88. The number of aryl methyl sites for hydroxylation is 2. The lowest BCUT2D eigenvalue weighted by Crippen LogP contribution is -2.24. The third kappa shape index (κ3) is 5.69. The molecule has 0 aliphatic heterocycles. The fourth-order valence-corrected chi connectivity index (χ4v) is 4.67. The number of hydrogen-bond acceptors (Lipinski definition) is 7. The fraction of sp³-hybridized carbons (Fsp3) is 0.345. The number of hydrogen-bond donors (Lipinski definition) is 2. The Balaban J connectivity index is 1.13. The number of nitrogens with one attached hydrogen (secondary N) is 1. The van der Waals surface area contributed by atoms with Gasteiger partial charge in [-0.1, -0.05) is 43.3 Å². The molecule has 3 heterocycles. The molecule has 0 atom stereocenters. The standard InChI is InChI=1S/C29H34N8O2/c1-4-21-14-20(15-23-24(21)33-18-37(23)19(2)3)16-31-29(38)39-13-9-8-12-36-17-32-25-26(30)34-27(35-28(25)36)22-10-6-5-7-11-22/h5-7,10-11,14-15,17-19H,4,8-9,12-13,16H2,1-3H3,(H,31,38)(H2,30,34,35). The Hall–Kier alpha value is -4.47. The second-order valence-corrected chi connectivity index (χ2v) is 9.83. The van der Waals surface area contributed by atoms with Crippen molar-refractivity contribution < 1.29 is 9.53 Å². The van der Waals surface area contributed by atoms with Crippen molar-refractivity contribution >= 4 is 34.1 Å². The summed E-state index contributed by atoms with van der Waals surface area (Å²) in [6, 6.07) is 14.2. The van der Waals surface area contributed by atoms with Crippen LogP contribution in [-0.4, -0.2) is 41.8 Å². The number of anilines is 1. The van der Waals surface area contributed by atoms with Crippen molar-refractivity contribution in [3.8, 4) is 11.4 Å². The monoisotopic (exact) mass is 526 g/mol. The van der Waals surface area contributed by atoms with Gasteiger partial charge in [0.1, 0.15) is 5.52 Å². The van der Waals surface area contributed by atoms with E-state index in [4.69, 9.17) is 15.5 Å². The van der Waals surface area contributed by atoms with Crippen molar-refractivity contribution in [3.63, 3.8) is 0 Å². The highest BCUT2D eigenvalue weighted by molar-refractivity contribution is 5.84. The zero-order valence-corrected chi connectivity index (χ0v) is 22.6. The Morgan fingerprint density at radius 1 is 1.05 bits per heavy atom. The number of carbonyl (C=O) groups excluding carboxylic acids is 1. The maximum absolute atomic E-state index is 12.3. The highest BCUT2D eigenvalue weighted by Gasteiger charge is 2.14. The smallest absolute Gasteiger partial charge is 0.407 e. The first-order chi connectivity index (χ1) is 18.9. The Bertz CT molecular complexity index is 1590. The Morgan fingerprint density at radius 3 is 2.62 bits per heavy atom. The number of nitrogen functional groups attached to an aromatic ring is 1. The molecule has 1 amide bonds. The number of aromatic nitrogens is 6. The summed E-state index contributed by atoms with van der Waals surface area (Å²) in [6.45, 7) is 7.78. The molecule has 5 aromatic rings. The molecule has 3 N–H and O–H groups in total. The van der Waals surface area contributed by atoms with Gasteiger partial charge in [-0.25, -0.2) is 24.7 Å². The van der Waals surface area contributed by atoms with Crippen LogP contribution in [0.5, 0.6) is 0 Å². The summed E-state index contributed by atoms with van der Waals surface area (Å²) in [4.78, 5) is 30.4. The van der Waals surface area contributed by atoms with Crippen LogP contribution in [0.25, 0.3) is 33.6 Å². The van der Waals surface area contributed by atoms with Crippen LogP contribution >= 0.6 is 0 Å². The van der Waals surface area contributed by atoms with Crippen molar-refractivity contribution in [1.82, 2.24) is 34.4 Å². The Kier molecular flexibility index (Phi) is 7.72. The second kappa shape index (κ2) is 11.5. The molecule has 5 rings (SSSR count). The van der Waals surface area contributed by atoms with Crippen molar-refractivity contribution in [2.45, 2.75) is 59.2 Å². The number of unbranched alkanes of at least 4 members (excludes halogenated alkanes) is 1. The van der Waals surface area contributed by atoms with E-state index in [9.17, 15) is 4.79 Å². The molecule has 0 unspecified atom stereocenters. The van der Waals surface area contributed by atoms with Gasteiger partial charge in [-0.3, -0.25) is 0 Å². The molecular formula is C29H34N8O2. The highest BCUT2D eigenvalue weighted by atomic mass is 16.5. The van der Waals surface area contributed by atoms with Gasteiger partial charge in [0.25, 0.3) is 0 Å². The summed E-state index contributed by atoms with van der Waals surface area (Å²) in [6.07, 6.45) is 5.56. The molecule has 0 radical (unpaired) electrons. The molecular weight excluding hydrogens is 492 g/mol. The first kappa shape index (κ1) is 26.1. The maximum atomic E-state index is 12.3. The predicted molar refractivity (Wildman–Crippen MR) is 152 cm³/mol. The number of amides is 1. The Labute approximate surface area is 227 Å². The second-order valence-electron chi connectivity index (χ2n) is 9.83. The van der Waals surface area contributed by atoms with E-state index in [2.05, 4.69) is 57.7 Å². The molecule has 202 valence electrons. The average molecular weight is 527 g/mol. The molecule has 0 bridgehead atoms. The SMILES string of the molecule is CCc1cc(CNC(=O)OCCCCn2cnc3c(N)nc(-c4ccccc4)nc32)cc2c1ncn2C(C)C. The van der Waals surface area contributed by atoms with Crippen LogP contribution in [0.3, 0.4) is 0 Å². The molecule has 0 aliphatic rings. The third-order valence-electron chi connectivity index (χ3n) is 6.74. The van der Waals surface area contributed by atoms with Crippen LogP contribution < -0.4 is 11.1 Å². The molecule has 0 fully saturated rings. The van der Waals surface area contributed by atoms with E-state index >= 15 is 0 Å². The normalized spacial score (nSPS) is 11.5. The number of alkyl carbamates (subject to hydrolysis) is 1. The lowest BCUT2D eigenvalue weighted by Gasteiger charge is -2.12. The van der Waals surface area contributed by atoms with Crippen LogP contribution in [-0.2, 0) is 24.2 Å². The zero-order valence-electron chi connectivity index (χ0n) is 22.6. The van der Waals surface area contributed by atoms with Crippen molar-refractivity contribution in [2.75, 3.05) is 12.3 Å². The predicted octanol–water partition coefficient (Wildman–Crippen LogP) is 5.28. The molecule has 10 nitrogen and oxygen atoms in total. The largest absolute Gasteiger partial charge is 0.450 e. The van der Waals surface area contributed by atoms with E-state index in [1.54, 1.807) is 6.33 Å². The number of ether oxygens (including phenoxy) is 1. The van der Waals surface area contributed by atoms with Gasteiger partial charge in [-0.2, -0.15) is 0 Å². The van der Waals surface area contributed by atoms with E-state index in [1.807, 2.05) is 41.2 Å². The van der Waals surface area contributed by atoms with E-state index in [0.29, 0.717) is 55.0 Å². The average Bonchev–Trinajstić information content (AvgIpc) is 3.56. The number of imidazole rings is 2. The van der Waals surface area contributed by atoms with E-state index in [0.717, 1.165) is 35.0 Å². The summed E-state index contributed by atoms with van der Waals surface area (Å²) < 4.78 is 9.54. The first-order valence-corrected chi connectivity index (χ1v) is 13.4. The van der Waals surface area contributed by atoms with Crippen LogP contribution in [0, 0.1) is 0 Å². The summed E-state index contributed by atoms with van der Waals surface area (Å²) in [5.41, 5.74) is 12.6. The quantitative estimate of drug-likeness (QED) is 0.237. The zero-order chi connectivity index (χ0) is 27.4. The number of benzene rings is 2. The highest BCUT2D eigenvalue weighted by Crippen LogP contribution is 2.24. The lowest BCUT2D eigenvalue weighted by atomic mass is 10.1. The van der Waals surface area contributed by atoms with Gasteiger partial charge in [0.2, 0.25) is 0 Å². The first-order valence-electron chi connectivity index (χ1n) is 13.4. The van der Waals surface area contributed by atoms with E-state index in [1.165, 1.54) is 5.56 Å². The third-order valence-corrected chi connectivity index (χ3v) is 6.74. The van der Waals surface area contributed by atoms with Gasteiger partial charge < -0.3 is 24.9 Å². The number of rotatable bonds is 10. The minimum Gasteiger partial charge on any atom is -0.450 e. The number of nitrogens with two attached hydrogens (primary N) is 1. The lowest BCUT2D eigenvalue weighted by molar-refractivity contribution is 0.143. The van der Waals surface area contributed by atoms with E-state index in [-0.39, 0.29) is 0 Å². The van der Waals surface area contributed by atoms with Crippen molar-refractivity contribution in [2.24, 2.45) is 0 Å². The maximum Gasteiger partial charge on any atom is 0.407 e. The summed E-state index contributed by atoms with van der Waals surface area (Å²) in [7, 11) is 0. The summed E-state index contributed by atoms with van der Waals surface area (Å²) in [5.74, 6) is 0.928. The molecule has 0 saturated carbocycles. The molecule has 0 saturated heterocycles. The molecule has 3 aromatic heterocycles. The van der Waals surface area contributed by atoms with Gasteiger partial charge in [0, 0.05) is 24.7 Å². The van der Waals surface area contributed by atoms with Gasteiger partial charge in [-0.05, 0) is 50.3 Å².